The first kappa shape index (κ1) is 30.2. The minimum Gasteiger partial charge on any atom is -0.490 e. The first-order valence-corrected chi connectivity index (χ1v) is 14.8. The number of aliphatic hydroxyl groups excluding tert-OH is 1. The summed E-state index contributed by atoms with van der Waals surface area (Å²) in [5.41, 5.74) is 8.98. The van der Waals surface area contributed by atoms with E-state index in [-0.39, 0.29) is 42.5 Å². The Bertz CT molecular complexity index is 1100. The fourth-order valence-electron chi connectivity index (χ4n) is 5.94. The Balaban J connectivity index is 1.27. The molecule has 0 bridgehead atoms. The molecule has 0 radical (unpaired) electrons. The number of carbonyl (C=O) groups is 2. The van der Waals surface area contributed by atoms with Gasteiger partial charge in [-0.1, -0.05) is 6.42 Å². The van der Waals surface area contributed by atoms with Crippen molar-refractivity contribution in [3.8, 4) is 5.75 Å². The highest BCUT2D eigenvalue weighted by Crippen LogP contribution is 2.31. The van der Waals surface area contributed by atoms with Crippen LogP contribution in [0.5, 0.6) is 5.75 Å². The van der Waals surface area contributed by atoms with Gasteiger partial charge < -0.3 is 25.2 Å². The molecule has 40 heavy (non-hydrogen) atoms. The van der Waals surface area contributed by atoms with Gasteiger partial charge in [-0.15, -0.1) is 0 Å². The third-order valence-corrected chi connectivity index (χ3v) is 8.38. The van der Waals surface area contributed by atoms with E-state index in [4.69, 9.17) is 15.2 Å². The van der Waals surface area contributed by atoms with Crippen LogP contribution in [0, 0.1) is 18.7 Å². The fraction of sp³-hybridized carbons (Fsp3) is 0.645. The number of amides is 1. The lowest BCUT2D eigenvalue weighted by Crippen LogP contribution is -2.48. The molecule has 0 spiro atoms. The molecule has 9 heteroatoms. The molecule has 8 nitrogen and oxygen atoms in total. The van der Waals surface area contributed by atoms with Crippen molar-refractivity contribution < 1.29 is 28.6 Å². The number of ketones is 1. The van der Waals surface area contributed by atoms with E-state index >= 15 is 0 Å². The number of hydrogen-bond donors (Lipinski definition) is 2. The van der Waals surface area contributed by atoms with Gasteiger partial charge >= 0.3 is 0 Å². The molecule has 2 aliphatic carbocycles. The average molecular weight is 558 g/mol. The number of benzene rings is 1. The fourth-order valence-corrected chi connectivity index (χ4v) is 5.94. The molecule has 2 saturated carbocycles. The van der Waals surface area contributed by atoms with Crippen LogP contribution in [-0.2, 0) is 14.3 Å². The molecular weight excluding hydrogens is 513 g/mol. The van der Waals surface area contributed by atoms with Gasteiger partial charge in [0, 0.05) is 30.8 Å². The van der Waals surface area contributed by atoms with Gasteiger partial charge in [0.15, 0.2) is 5.78 Å². The molecule has 3 fully saturated rings. The lowest BCUT2D eigenvalue weighted by molar-refractivity contribution is -0.136. The SMILES string of the molecule is Cc1cc(F)ccc1OC1CCC(CCC(=O)CN=C2CCCCCC2=C(N)C(=O)N2CCO[C@H](CO)C2)CC1. The highest BCUT2D eigenvalue weighted by Gasteiger charge is 2.28. The smallest absolute Gasteiger partial charge is 0.270 e. The highest BCUT2D eigenvalue weighted by molar-refractivity contribution is 6.08. The van der Waals surface area contributed by atoms with E-state index in [0.717, 1.165) is 80.4 Å². The predicted octanol–water partition coefficient (Wildman–Crippen LogP) is 4.26. The van der Waals surface area contributed by atoms with Crippen LogP contribution in [0.4, 0.5) is 4.39 Å². The number of morpholine rings is 1. The number of hydrogen-bond acceptors (Lipinski definition) is 7. The number of rotatable bonds is 9. The van der Waals surface area contributed by atoms with Gasteiger partial charge in [0.2, 0.25) is 0 Å². The van der Waals surface area contributed by atoms with Crippen LogP contribution in [0.15, 0.2) is 34.5 Å². The van der Waals surface area contributed by atoms with Crippen LogP contribution < -0.4 is 10.5 Å². The Morgan fingerprint density at radius 1 is 1.18 bits per heavy atom. The topological polar surface area (TPSA) is 114 Å². The van der Waals surface area contributed by atoms with Gasteiger partial charge in [-0.05, 0) is 94.4 Å². The van der Waals surface area contributed by atoms with Gasteiger partial charge in [-0.3, -0.25) is 14.6 Å². The normalized spacial score (nSPS) is 26.3. The third kappa shape index (κ3) is 8.36. The van der Waals surface area contributed by atoms with Gasteiger partial charge in [0.05, 0.1) is 32.0 Å². The Labute approximate surface area is 236 Å². The van der Waals surface area contributed by atoms with E-state index in [9.17, 15) is 19.1 Å². The van der Waals surface area contributed by atoms with Crippen molar-refractivity contribution in [3.63, 3.8) is 0 Å². The van der Waals surface area contributed by atoms with E-state index in [0.29, 0.717) is 38.5 Å². The first-order valence-electron chi connectivity index (χ1n) is 14.8. The zero-order chi connectivity index (χ0) is 28.5. The first-order chi connectivity index (χ1) is 19.3. The Hall–Kier alpha value is -2.78. The summed E-state index contributed by atoms with van der Waals surface area (Å²) < 4.78 is 24.9. The molecule has 1 saturated heterocycles. The monoisotopic (exact) mass is 557 g/mol. The van der Waals surface area contributed by atoms with E-state index in [1.807, 2.05) is 6.92 Å². The standard InChI is InChI=1S/C31H44FN3O5/c1-21-17-23(32)10-14-29(21)40-25-12-8-22(9-13-25)7-11-24(37)18-34-28-6-4-2-3-5-27(28)30(33)31(38)35-15-16-39-26(19-35)20-36/h10,14,17,22,25-26,36H,2-9,11-13,15-16,18-20,33H2,1H3/t22?,25?,26-/m0/s1. The number of aryl methyl sites for hydroxylation is 1. The molecule has 1 aliphatic heterocycles. The van der Waals surface area contributed by atoms with Crippen molar-refractivity contribution in [2.24, 2.45) is 16.6 Å². The number of carbonyl (C=O) groups excluding carboxylic acids is 2. The van der Waals surface area contributed by atoms with Crippen molar-refractivity contribution in [2.75, 3.05) is 32.8 Å². The third-order valence-electron chi connectivity index (χ3n) is 8.38. The lowest BCUT2D eigenvalue weighted by atomic mass is 9.84. The quantitative estimate of drug-likeness (QED) is 0.346. The number of aliphatic hydroxyl groups is 1. The second kappa shape index (κ2) is 14.7. The molecule has 3 aliphatic rings. The van der Waals surface area contributed by atoms with Gasteiger partial charge in [0.25, 0.3) is 5.91 Å². The molecule has 0 unspecified atom stereocenters. The van der Waals surface area contributed by atoms with Crippen LogP contribution in [-0.4, -0.2) is 72.5 Å². The summed E-state index contributed by atoms with van der Waals surface area (Å²) in [4.78, 5) is 32.3. The molecule has 4 rings (SSSR count). The summed E-state index contributed by atoms with van der Waals surface area (Å²) in [5.74, 6) is 0.847. The largest absolute Gasteiger partial charge is 0.490 e. The second-order valence-electron chi connectivity index (χ2n) is 11.4. The molecule has 220 valence electrons. The van der Waals surface area contributed by atoms with Crippen molar-refractivity contribution in [1.29, 1.82) is 0 Å². The number of nitrogens with zero attached hydrogens (tertiary/aromatic N) is 2. The van der Waals surface area contributed by atoms with Crippen molar-refractivity contribution in [1.82, 2.24) is 4.90 Å². The summed E-state index contributed by atoms with van der Waals surface area (Å²) >= 11 is 0. The molecule has 1 atom stereocenters. The minimum atomic E-state index is -0.392. The molecule has 1 amide bonds. The number of ether oxygens (including phenoxy) is 2. The van der Waals surface area contributed by atoms with Crippen molar-refractivity contribution in [3.05, 3.63) is 40.8 Å². The Kier molecular flexibility index (Phi) is 11.1. The maximum atomic E-state index is 13.4. The summed E-state index contributed by atoms with van der Waals surface area (Å²) in [7, 11) is 0. The van der Waals surface area contributed by atoms with Crippen molar-refractivity contribution in [2.45, 2.75) is 89.8 Å². The highest BCUT2D eigenvalue weighted by atomic mass is 19.1. The maximum Gasteiger partial charge on any atom is 0.270 e. The molecule has 1 aromatic rings. The molecular formula is C31H44FN3O5. The number of halogens is 1. The predicted molar refractivity (Wildman–Crippen MR) is 152 cm³/mol. The minimum absolute atomic E-state index is 0.111. The summed E-state index contributed by atoms with van der Waals surface area (Å²) in [5, 5.41) is 9.42. The second-order valence-corrected chi connectivity index (χ2v) is 11.4. The summed E-state index contributed by atoms with van der Waals surface area (Å²) in [6.07, 6.45) is 9.30. The Morgan fingerprint density at radius 3 is 2.70 bits per heavy atom. The van der Waals surface area contributed by atoms with Crippen LogP contribution >= 0.6 is 0 Å². The van der Waals surface area contributed by atoms with Crippen LogP contribution in [0.1, 0.15) is 76.2 Å². The van der Waals surface area contributed by atoms with Gasteiger partial charge in [-0.25, -0.2) is 4.39 Å². The summed E-state index contributed by atoms with van der Waals surface area (Å²) in [6, 6.07) is 4.62. The van der Waals surface area contributed by atoms with Crippen LogP contribution in [0.3, 0.4) is 0 Å². The number of aliphatic imine (C=N–C) groups is 1. The number of allylic oxidation sites excluding steroid dienone is 1. The number of nitrogens with two attached hydrogens (primary N) is 1. The van der Waals surface area contributed by atoms with E-state index in [1.54, 1.807) is 11.0 Å². The van der Waals surface area contributed by atoms with Crippen molar-refractivity contribution >= 4 is 17.4 Å². The average Bonchev–Trinajstić information content (AvgIpc) is 3.22. The Morgan fingerprint density at radius 2 is 1.95 bits per heavy atom. The van der Waals surface area contributed by atoms with E-state index in [1.165, 1.54) is 12.1 Å². The lowest BCUT2D eigenvalue weighted by Gasteiger charge is -2.32. The molecule has 1 aromatic carbocycles. The van der Waals surface area contributed by atoms with E-state index in [2.05, 4.69) is 4.99 Å². The van der Waals surface area contributed by atoms with Crippen LogP contribution in [0.2, 0.25) is 0 Å². The van der Waals surface area contributed by atoms with E-state index < -0.39 is 6.10 Å². The maximum absolute atomic E-state index is 13.4. The molecule has 1 heterocycles. The van der Waals surface area contributed by atoms with Gasteiger partial charge in [0.1, 0.15) is 17.3 Å². The summed E-state index contributed by atoms with van der Waals surface area (Å²) in [6.45, 7) is 2.96. The zero-order valence-electron chi connectivity index (χ0n) is 23.7. The van der Waals surface area contributed by atoms with Crippen LogP contribution in [0.25, 0.3) is 0 Å². The molecule has 3 N–H and O–H groups in total. The van der Waals surface area contributed by atoms with Gasteiger partial charge in [-0.2, -0.15) is 0 Å². The molecule has 0 aromatic heterocycles. The number of Topliss-reactive ketones (excluding diaryl/α,β-unsaturated/α-hetero) is 1. The zero-order valence-corrected chi connectivity index (χ0v) is 23.7.